The van der Waals surface area contributed by atoms with Crippen molar-refractivity contribution in [3.63, 3.8) is 0 Å². The number of carbonyl (C=O) groups excluding carboxylic acids is 1. The topological polar surface area (TPSA) is 81.7 Å². The molecule has 1 saturated heterocycles. The summed E-state index contributed by atoms with van der Waals surface area (Å²) in [6.45, 7) is 9.02. The minimum Gasteiger partial charge on any atom is -0.372 e. The molecular weight excluding hydrogens is 402 g/mol. The Labute approximate surface area is 178 Å². The Morgan fingerprint density at radius 2 is 1.97 bits per heavy atom. The minimum absolute atomic E-state index is 0.0127. The second-order valence-corrected chi connectivity index (χ2v) is 9.93. The summed E-state index contributed by atoms with van der Waals surface area (Å²) in [5.41, 5.74) is 1.61. The lowest BCUT2D eigenvalue weighted by molar-refractivity contribution is -0.144. The van der Waals surface area contributed by atoms with Crippen molar-refractivity contribution in [1.29, 1.82) is 0 Å². The molecule has 1 amide bonds. The number of hydrogen-bond donors (Lipinski definition) is 0. The summed E-state index contributed by atoms with van der Waals surface area (Å²) in [5, 5.41) is 5.62. The number of ether oxygens (including phenoxy) is 1. The number of aromatic nitrogens is 4. The van der Waals surface area contributed by atoms with Crippen LogP contribution in [0, 0.1) is 12.8 Å². The molecule has 3 aromatic heterocycles. The molecule has 0 saturated carbocycles. The van der Waals surface area contributed by atoms with Gasteiger partial charge in [-0.1, -0.05) is 6.92 Å². The molecule has 4 heterocycles. The van der Waals surface area contributed by atoms with Crippen molar-refractivity contribution in [1.82, 2.24) is 24.1 Å². The molecule has 0 bridgehead atoms. The van der Waals surface area contributed by atoms with Crippen LogP contribution < -0.4 is 5.69 Å². The highest BCUT2D eigenvalue weighted by Crippen LogP contribution is 2.38. The van der Waals surface area contributed by atoms with Gasteiger partial charge >= 0.3 is 5.69 Å². The molecule has 30 heavy (non-hydrogen) atoms. The second kappa shape index (κ2) is 7.16. The zero-order chi connectivity index (χ0) is 21.2. The third kappa shape index (κ3) is 3.15. The molecule has 0 spiro atoms. The van der Waals surface area contributed by atoms with Gasteiger partial charge in [0.2, 0.25) is 5.91 Å². The number of carbonyl (C=O) groups is 1. The van der Waals surface area contributed by atoms with Crippen LogP contribution in [-0.4, -0.2) is 55.3 Å². The van der Waals surface area contributed by atoms with E-state index in [9.17, 15) is 9.59 Å². The molecule has 0 N–H and O–H groups in total. The van der Waals surface area contributed by atoms with Crippen LogP contribution in [0.3, 0.4) is 0 Å². The molecule has 0 radical (unpaired) electrons. The number of thiophene rings is 1. The third-order valence-electron chi connectivity index (χ3n) is 6.20. The number of morpholine rings is 1. The summed E-state index contributed by atoms with van der Waals surface area (Å²) in [7, 11) is 0. The molecule has 3 aromatic rings. The van der Waals surface area contributed by atoms with Gasteiger partial charge in [0.05, 0.1) is 17.6 Å². The van der Waals surface area contributed by atoms with E-state index >= 15 is 0 Å². The molecule has 160 valence electrons. The maximum atomic E-state index is 13.1. The average molecular weight is 430 g/mol. The number of fused-ring (bicyclic) bond motifs is 5. The van der Waals surface area contributed by atoms with Crippen molar-refractivity contribution in [2.45, 2.75) is 65.7 Å². The number of nitrogens with zero attached hydrogens (tertiary/aromatic N) is 5. The Kier molecular flexibility index (Phi) is 4.70. The molecule has 9 heteroatoms. The van der Waals surface area contributed by atoms with E-state index in [1.54, 1.807) is 20.6 Å². The van der Waals surface area contributed by atoms with E-state index in [4.69, 9.17) is 9.72 Å². The van der Waals surface area contributed by atoms with Crippen LogP contribution in [0.15, 0.2) is 4.79 Å². The Balaban J connectivity index is 1.56. The van der Waals surface area contributed by atoms with Crippen molar-refractivity contribution in [2.24, 2.45) is 5.92 Å². The largest absolute Gasteiger partial charge is 0.372 e. The number of amides is 1. The molecule has 1 aliphatic carbocycles. The first-order chi connectivity index (χ1) is 14.3. The summed E-state index contributed by atoms with van der Waals surface area (Å²) >= 11 is 1.72. The molecule has 1 aliphatic heterocycles. The van der Waals surface area contributed by atoms with Crippen molar-refractivity contribution in [3.05, 3.63) is 26.7 Å². The van der Waals surface area contributed by atoms with Crippen LogP contribution in [0.25, 0.3) is 15.9 Å². The van der Waals surface area contributed by atoms with Crippen LogP contribution in [0.1, 0.15) is 43.5 Å². The fraction of sp³-hybridized carbons (Fsp3) is 0.619. The lowest BCUT2D eigenvalue weighted by Gasteiger charge is -2.35. The Bertz CT molecular complexity index is 1200. The lowest BCUT2D eigenvalue weighted by Crippen LogP contribution is -2.49. The normalized spacial score (nSPS) is 24.5. The standard InChI is InChI=1S/C21H27N5O3S/c1-11-5-6-15-16(7-11)30-20-18(15)19-23-25(21(28)26(19)14(4)22-20)10-17(27)24-8-12(2)29-13(3)9-24/h11-13H,5-10H2,1-4H3/t11-,12-,13-/m0/s1. The van der Waals surface area contributed by atoms with Crippen LogP contribution >= 0.6 is 11.3 Å². The van der Waals surface area contributed by atoms with E-state index in [1.807, 2.05) is 20.8 Å². The van der Waals surface area contributed by atoms with E-state index < -0.39 is 0 Å². The van der Waals surface area contributed by atoms with Crippen molar-refractivity contribution < 1.29 is 9.53 Å². The lowest BCUT2D eigenvalue weighted by atomic mass is 9.89. The SMILES string of the molecule is Cc1nc2sc3c(c2c2nn(CC(=O)N4C[C@H](C)O[C@@H](C)C4)c(=O)n12)CC[C@H](C)C3. The maximum absolute atomic E-state index is 13.1. The van der Waals surface area contributed by atoms with Gasteiger partial charge < -0.3 is 9.64 Å². The summed E-state index contributed by atoms with van der Waals surface area (Å²) in [6.07, 6.45) is 3.15. The first-order valence-electron chi connectivity index (χ1n) is 10.7. The molecule has 8 nitrogen and oxygen atoms in total. The molecule has 1 fully saturated rings. The van der Waals surface area contributed by atoms with Gasteiger partial charge in [-0.15, -0.1) is 16.4 Å². The van der Waals surface area contributed by atoms with Crippen LogP contribution in [-0.2, 0) is 28.9 Å². The van der Waals surface area contributed by atoms with Crippen LogP contribution in [0.2, 0.25) is 0 Å². The Hall–Kier alpha value is -2.26. The van der Waals surface area contributed by atoms with Gasteiger partial charge in [-0.2, -0.15) is 0 Å². The predicted molar refractivity (Wildman–Crippen MR) is 115 cm³/mol. The summed E-state index contributed by atoms with van der Waals surface area (Å²) in [6, 6.07) is 0. The first-order valence-corrected chi connectivity index (χ1v) is 11.5. The van der Waals surface area contributed by atoms with Crippen LogP contribution in [0.5, 0.6) is 0 Å². The number of rotatable bonds is 2. The van der Waals surface area contributed by atoms with Gasteiger partial charge in [0.25, 0.3) is 0 Å². The summed E-state index contributed by atoms with van der Waals surface area (Å²) in [4.78, 5) is 34.8. The van der Waals surface area contributed by atoms with Gasteiger partial charge in [0.15, 0.2) is 5.65 Å². The van der Waals surface area contributed by atoms with Gasteiger partial charge in [-0.05, 0) is 51.5 Å². The molecule has 0 unspecified atom stereocenters. The molecule has 5 rings (SSSR count). The molecule has 0 aromatic carbocycles. The third-order valence-corrected chi connectivity index (χ3v) is 7.35. The van der Waals surface area contributed by atoms with E-state index in [0.29, 0.717) is 30.5 Å². The summed E-state index contributed by atoms with van der Waals surface area (Å²) < 4.78 is 8.57. The Morgan fingerprint density at radius 1 is 1.23 bits per heavy atom. The minimum atomic E-state index is -0.302. The maximum Gasteiger partial charge on any atom is 0.352 e. The number of aryl methyl sites for hydroxylation is 2. The zero-order valence-electron chi connectivity index (χ0n) is 17.8. The fourth-order valence-electron chi connectivity index (χ4n) is 4.82. The highest BCUT2D eigenvalue weighted by molar-refractivity contribution is 7.19. The second-order valence-electron chi connectivity index (χ2n) is 8.85. The van der Waals surface area contributed by atoms with Crippen molar-refractivity contribution in [3.8, 4) is 0 Å². The van der Waals surface area contributed by atoms with Gasteiger partial charge in [0, 0.05) is 18.0 Å². The summed E-state index contributed by atoms with van der Waals surface area (Å²) in [5.74, 6) is 1.17. The number of hydrogen-bond acceptors (Lipinski definition) is 6. The smallest absolute Gasteiger partial charge is 0.352 e. The van der Waals surface area contributed by atoms with Gasteiger partial charge in [-0.3, -0.25) is 4.79 Å². The van der Waals surface area contributed by atoms with E-state index in [-0.39, 0.29) is 30.3 Å². The zero-order valence-corrected chi connectivity index (χ0v) is 18.7. The Morgan fingerprint density at radius 3 is 2.70 bits per heavy atom. The van der Waals surface area contributed by atoms with Gasteiger partial charge in [-0.25, -0.2) is 18.9 Å². The highest BCUT2D eigenvalue weighted by Gasteiger charge is 2.28. The predicted octanol–water partition coefficient (Wildman–Crippen LogP) is 2.17. The molecular formula is C21H27N5O3S. The van der Waals surface area contributed by atoms with Gasteiger partial charge in [0.1, 0.15) is 17.2 Å². The van der Waals surface area contributed by atoms with E-state index in [2.05, 4.69) is 12.0 Å². The van der Waals surface area contributed by atoms with Crippen LogP contribution in [0.4, 0.5) is 0 Å². The molecule has 3 atom stereocenters. The quantitative estimate of drug-likeness (QED) is 0.624. The highest BCUT2D eigenvalue weighted by atomic mass is 32.1. The van der Waals surface area contributed by atoms with Crippen molar-refractivity contribution in [2.75, 3.05) is 13.1 Å². The average Bonchev–Trinajstić information content (AvgIpc) is 3.18. The monoisotopic (exact) mass is 429 g/mol. The van der Waals surface area contributed by atoms with Crippen molar-refractivity contribution >= 4 is 33.1 Å². The fourth-order valence-corrected chi connectivity index (χ4v) is 6.24. The van der Waals surface area contributed by atoms with E-state index in [0.717, 1.165) is 29.5 Å². The first kappa shape index (κ1) is 19.7. The van der Waals surface area contributed by atoms with E-state index in [1.165, 1.54) is 15.1 Å². The molecule has 2 aliphatic rings.